The fraction of sp³-hybridized carbons (Fsp3) is 1.00. The quantitative estimate of drug-likeness (QED) is 0.212. The smallest absolute Gasteiger partial charge is 0.374 e. The molecule has 0 aromatic heterocycles. The molecule has 5 fully saturated rings. The van der Waals surface area contributed by atoms with Gasteiger partial charge in [-0.2, -0.15) is 26.3 Å². The van der Waals surface area contributed by atoms with Crippen LogP contribution < -0.4 is 11.5 Å². The zero-order chi connectivity index (χ0) is 31.7. The van der Waals surface area contributed by atoms with Gasteiger partial charge < -0.3 is 25.5 Å². The normalized spacial score (nSPS) is 39.3. The van der Waals surface area contributed by atoms with Crippen molar-refractivity contribution in [3.63, 3.8) is 0 Å². The van der Waals surface area contributed by atoms with Crippen LogP contribution in [0.3, 0.4) is 0 Å². The molecular weight excluding hydrogens is 605 g/mol. The predicted octanol–water partition coefficient (Wildman–Crippen LogP) is 8.45. The largest absolute Gasteiger partial charge is 0.394 e. The molecule has 4 N–H and O–H groups in total. The third-order valence-electron chi connectivity index (χ3n) is 11.7. The molecule has 5 rings (SSSR count). The maximum absolute atomic E-state index is 15.8. The summed E-state index contributed by atoms with van der Waals surface area (Å²) in [4.78, 5) is 0. The highest BCUT2D eigenvalue weighted by molar-refractivity contribution is 7.66. The van der Waals surface area contributed by atoms with Crippen LogP contribution in [0.4, 0.5) is 26.3 Å². The van der Waals surface area contributed by atoms with Gasteiger partial charge in [-0.15, -0.1) is 0 Å². The van der Waals surface area contributed by atoms with Crippen LogP contribution in [0, 0.1) is 11.8 Å². The molecule has 9 unspecified atom stereocenters. The SMILES string of the molecule is NC1CCC(OC2CCC(OC3CCC(N)CC3C(F)(F)F)C(P(=O)(C3CCCCC3)C3CCCCC3)C2)C(C(F)(F)F)C1. The van der Waals surface area contributed by atoms with Crippen LogP contribution in [0.2, 0.25) is 0 Å². The van der Waals surface area contributed by atoms with Crippen molar-refractivity contribution in [3.05, 3.63) is 0 Å². The lowest BCUT2D eigenvalue weighted by molar-refractivity contribution is -0.234. The molecule has 0 heterocycles. The molecule has 5 aliphatic rings. The Morgan fingerprint density at radius 3 is 1.41 bits per heavy atom. The molecule has 5 aliphatic carbocycles. The van der Waals surface area contributed by atoms with Gasteiger partial charge in [-0.3, -0.25) is 0 Å². The molecule has 5 nitrogen and oxygen atoms in total. The summed E-state index contributed by atoms with van der Waals surface area (Å²) in [6, 6.07) is -1.07. The lowest BCUT2D eigenvalue weighted by Gasteiger charge is -2.50. The van der Waals surface area contributed by atoms with Crippen LogP contribution in [0.25, 0.3) is 0 Å². The fourth-order valence-corrected chi connectivity index (χ4v) is 14.8. The minimum absolute atomic E-state index is 0.0111. The molecule has 256 valence electrons. The van der Waals surface area contributed by atoms with E-state index in [4.69, 9.17) is 20.9 Å². The first-order chi connectivity index (χ1) is 20.8. The average molecular weight is 659 g/mol. The van der Waals surface area contributed by atoms with Crippen molar-refractivity contribution >= 4 is 7.14 Å². The summed E-state index contributed by atoms with van der Waals surface area (Å²) in [7, 11) is -3.04. The number of hydrogen-bond donors (Lipinski definition) is 2. The van der Waals surface area contributed by atoms with Crippen molar-refractivity contribution in [1.29, 1.82) is 0 Å². The highest BCUT2D eigenvalue weighted by Gasteiger charge is 2.55. The van der Waals surface area contributed by atoms with Crippen LogP contribution in [0.5, 0.6) is 0 Å². The van der Waals surface area contributed by atoms with Crippen LogP contribution in [0.1, 0.15) is 122 Å². The van der Waals surface area contributed by atoms with E-state index in [1.54, 1.807) is 0 Å². The summed E-state index contributed by atoms with van der Waals surface area (Å²) in [5.41, 5.74) is 11.4. The number of rotatable bonds is 7. The Kier molecular flexibility index (Phi) is 11.5. The van der Waals surface area contributed by atoms with Crippen LogP contribution >= 0.6 is 7.14 Å². The second-order valence-electron chi connectivity index (χ2n) is 14.7. The van der Waals surface area contributed by atoms with Crippen LogP contribution in [-0.4, -0.2) is 65.8 Å². The highest BCUT2D eigenvalue weighted by Crippen LogP contribution is 2.69. The minimum Gasteiger partial charge on any atom is -0.374 e. The van der Waals surface area contributed by atoms with Crippen molar-refractivity contribution in [2.24, 2.45) is 23.3 Å². The second-order valence-corrected chi connectivity index (χ2v) is 18.3. The number of hydrogen-bond acceptors (Lipinski definition) is 5. The van der Waals surface area contributed by atoms with Gasteiger partial charge in [0.2, 0.25) is 0 Å². The predicted molar refractivity (Wildman–Crippen MR) is 159 cm³/mol. The maximum Gasteiger partial charge on any atom is 0.394 e. The Bertz CT molecular complexity index is 949. The van der Waals surface area contributed by atoms with E-state index < -0.39 is 73.5 Å². The number of alkyl halides is 6. The Morgan fingerprint density at radius 1 is 0.523 bits per heavy atom. The van der Waals surface area contributed by atoms with Gasteiger partial charge in [0.15, 0.2) is 0 Å². The number of nitrogens with two attached hydrogens (primary N) is 2. The van der Waals surface area contributed by atoms with E-state index in [0.29, 0.717) is 25.7 Å². The summed E-state index contributed by atoms with van der Waals surface area (Å²) in [6.45, 7) is 0. The van der Waals surface area contributed by atoms with Gasteiger partial charge in [0.05, 0.1) is 43.4 Å². The Hall–Kier alpha value is -0.350. The lowest BCUT2D eigenvalue weighted by atomic mass is 9.82. The molecule has 0 aromatic carbocycles. The van der Waals surface area contributed by atoms with Gasteiger partial charge in [-0.05, 0) is 83.5 Å². The molecule has 0 aliphatic heterocycles. The van der Waals surface area contributed by atoms with Crippen molar-refractivity contribution in [3.8, 4) is 0 Å². The van der Waals surface area contributed by atoms with E-state index in [0.717, 1.165) is 64.2 Å². The molecule has 0 amide bonds. The first kappa shape index (κ1) is 35.0. The third kappa shape index (κ3) is 8.02. The van der Waals surface area contributed by atoms with Gasteiger partial charge >= 0.3 is 12.4 Å². The van der Waals surface area contributed by atoms with E-state index in [1.807, 2.05) is 0 Å². The maximum atomic E-state index is 15.8. The van der Waals surface area contributed by atoms with Crippen molar-refractivity contribution in [2.45, 2.75) is 188 Å². The van der Waals surface area contributed by atoms with Crippen molar-refractivity contribution < 1.29 is 40.4 Å². The van der Waals surface area contributed by atoms with Crippen LogP contribution in [0.15, 0.2) is 0 Å². The first-order valence-electron chi connectivity index (χ1n) is 17.3. The van der Waals surface area contributed by atoms with Crippen molar-refractivity contribution in [2.75, 3.05) is 0 Å². The summed E-state index contributed by atoms with van der Waals surface area (Å²) < 4.78 is 113. The molecule has 0 spiro atoms. The second kappa shape index (κ2) is 14.4. The van der Waals surface area contributed by atoms with Crippen molar-refractivity contribution in [1.82, 2.24) is 0 Å². The molecule has 0 aromatic rings. The third-order valence-corrected chi connectivity index (χ3v) is 16.6. The number of halogens is 6. The van der Waals surface area contributed by atoms with Crippen LogP contribution in [-0.2, 0) is 14.0 Å². The first-order valence-corrected chi connectivity index (χ1v) is 19.2. The van der Waals surface area contributed by atoms with E-state index in [-0.39, 0.29) is 43.4 Å². The van der Waals surface area contributed by atoms with E-state index in [9.17, 15) is 26.3 Å². The molecule has 12 heteroatoms. The monoisotopic (exact) mass is 658 g/mol. The van der Waals surface area contributed by atoms with Gasteiger partial charge in [0, 0.05) is 29.1 Å². The standard InChI is InChI=1S/C32H53F6N2O3P/c33-31(34,35)25-17-20(39)11-14-27(25)42-22-13-16-29(43-28-15-12-21(40)18-26(28)32(36,37)38)30(19-22)44(41,23-7-3-1-4-8-23)24-9-5-2-6-10-24/h20-30H,1-19,39-40H2. The summed E-state index contributed by atoms with van der Waals surface area (Å²) in [5, 5.41) is 0. The zero-order valence-corrected chi connectivity index (χ0v) is 26.8. The van der Waals surface area contributed by atoms with Gasteiger partial charge in [-0.25, -0.2) is 0 Å². The summed E-state index contributed by atoms with van der Waals surface area (Å²) in [6.07, 6.45) is -0.790. The molecule has 9 atom stereocenters. The Morgan fingerprint density at radius 2 is 0.955 bits per heavy atom. The Balaban J connectivity index is 1.44. The molecule has 0 saturated heterocycles. The summed E-state index contributed by atoms with van der Waals surface area (Å²) in [5.74, 6) is -3.33. The van der Waals surface area contributed by atoms with Gasteiger partial charge in [0.25, 0.3) is 0 Å². The average Bonchev–Trinajstić information content (AvgIpc) is 2.99. The molecule has 0 bridgehead atoms. The lowest BCUT2D eigenvalue weighted by Crippen LogP contribution is -2.51. The van der Waals surface area contributed by atoms with E-state index in [1.165, 1.54) is 0 Å². The molecule has 5 saturated carbocycles. The summed E-state index contributed by atoms with van der Waals surface area (Å²) >= 11 is 0. The molecular formula is C32H53F6N2O3P. The minimum atomic E-state index is -4.45. The van der Waals surface area contributed by atoms with E-state index >= 15 is 4.57 Å². The topological polar surface area (TPSA) is 87.6 Å². The fourth-order valence-electron chi connectivity index (χ4n) is 9.43. The van der Waals surface area contributed by atoms with Gasteiger partial charge in [0.1, 0.15) is 0 Å². The molecule has 44 heavy (non-hydrogen) atoms. The Labute approximate surface area is 258 Å². The molecule has 0 radical (unpaired) electrons. The van der Waals surface area contributed by atoms with Gasteiger partial charge in [-0.1, -0.05) is 38.5 Å². The number of ether oxygens (including phenoxy) is 2. The highest BCUT2D eigenvalue weighted by atomic mass is 31.2. The zero-order valence-electron chi connectivity index (χ0n) is 25.9. The van der Waals surface area contributed by atoms with E-state index in [2.05, 4.69) is 0 Å².